The quantitative estimate of drug-likeness (QED) is 0.669. The zero-order chi connectivity index (χ0) is 8.72. The van der Waals surface area contributed by atoms with Gasteiger partial charge in [-0.05, 0) is 38.8 Å². The molecule has 0 saturated carbocycles. The molecule has 0 unspecified atom stereocenters. The molecule has 0 amide bonds. The first kappa shape index (κ1) is 8.88. The molecule has 0 spiro atoms. The van der Waals surface area contributed by atoms with Crippen LogP contribution in [0.4, 0.5) is 0 Å². The van der Waals surface area contributed by atoms with Crippen LogP contribution in [-0.2, 0) is 0 Å². The fourth-order valence-electron chi connectivity index (χ4n) is 1.03. The zero-order valence-corrected chi connectivity index (χ0v) is 9.90. The van der Waals surface area contributed by atoms with Crippen molar-refractivity contribution in [2.24, 2.45) is 0 Å². The Morgan fingerprint density at radius 3 is 3.00 bits per heavy atom. The van der Waals surface area contributed by atoms with Gasteiger partial charge in [0.05, 0.1) is 14.2 Å². The van der Waals surface area contributed by atoms with E-state index < -0.39 is 0 Å². The standard InChI is InChI=1S/C8H4BrClS2/c9-6-7(10)5(11)3-4-1-2-12-8(4)6/h1-3,11H. The highest BCUT2D eigenvalue weighted by Crippen LogP contribution is 2.38. The number of hydrogen-bond donors (Lipinski definition) is 1. The second kappa shape index (κ2) is 3.22. The lowest BCUT2D eigenvalue weighted by Crippen LogP contribution is -1.73. The van der Waals surface area contributed by atoms with Gasteiger partial charge in [0.2, 0.25) is 0 Å². The molecule has 0 saturated heterocycles. The maximum Gasteiger partial charge on any atom is 0.0696 e. The summed E-state index contributed by atoms with van der Waals surface area (Å²) in [5, 5.41) is 3.91. The Bertz CT molecular complexity index is 436. The van der Waals surface area contributed by atoms with E-state index in [9.17, 15) is 0 Å². The van der Waals surface area contributed by atoms with Gasteiger partial charge in [-0.25, -0.2) is 0 Å². The average Bonchev–Trinajstić information content (AvgIpc) is 2.48. The van der Waals surface area contributed by atoms with Crippen molar-refractivity contribution >= 4 is 61.6 Å². The molecule has 12 heavy (non-hydrogen) atoms. The minimum atomic E-state index is 0.688. The predicted octanol–water partition coefficient (Wildman–Crippen LogP) is 4.61. The van der Waals surface area contributed by atoms with E-state index in [0.29, 0.717) is 5.02 Å². The third kappa shape index (κ3) is 1.29. The van der Waals surface area contributed by atoms with Gasteiger partial charge in [0, 0.05) is 4.90 Å². The zero-order valence-electron chi connectivity index (χ0n) is 5.84. The van der Waals surface area contributed by atoms with Gasteiger partial charge < -0.3 is 0 Å². The molecule has 62 valence electrons. The summed E-state index contributed by atoms with van der Waals surface area (Å²) in [7, 11) is 0. The van der Waals surface area contributed by atoms with E-state index in [1.54, 1.807) is 11.3 Å². The first-order valence-electron chi connectivity index (χ1n) is 3.24. The summed E-state index contributed by atoms with van der Waals surface area (Å²) in [6.45, 7) is 0. The molecule has 1 aromatic heterocycles. The number of fused-ring (bicyclic) bond motifs is 1. The summed E-state index contributed by atoms with van der Waals surface area (Å²) in [5.41, 5.74) is 0. The van der Waals surface area contributed by atoms with Gasteiger partial charge in [0.25, 0.3) is 0 Å². The van der Waals surface area contributed by atoms with E-state index in [1.165, 1.54) is 10.1 Å². The summed E-state index contributed by atoms with van der Waals surface area (Å²) >= 11 is 15.4. The molecule has 0 aliphatic heterocycles. The normalized spacial score (nSPS) is 10.9. The molecule has 2 aromatic rings. The Kier molecular flexibility index (Phi) is 2.38. The van der Waals surface area contributed by atoms with Crippen molar-refractivity contribution in [3.8, 4) is 0 Å². The van der Waals surface area contributed by atoms with E-state index in [0.717, 1.165) is 9.37 Å². The lowest BCUT2D eigenvalue weighted by molar-refractivity contribution is 1.51. The molecule has 0 radical (unpaired) electrons. The molecule has 0 bridgehead atoms. The molecule has 0 N–H and O–H groups in total. The molecule has 1 heterocycles. The Labute approximate surface area is 93.1 Å². The van der Waals surface area contributed by atoms with Crippen molar-refractivity contribution < 1.29 is 0 Å². The van der Waals surface area contributed by atoms with E-state index in [-0.39, 0.29) is 0 Å². The van der Waals surface area contributed by atoms with Crippen LogP contribution >= 0.6 is 51.5 Å². The van der Waals surface area contributed by atoms with Gasteiger partial charge in [-0.3, -0.25) is 0 Å². The molecule has 0 fully saturated rings. The van der Waals surface area contributed by atoms with Crippen LogP contribution in [0.5, 0.6) is 0 Å². The summed E-state index contributed by atoms with van der Waals surface area (Å²) in [5.74, 6) is 0. The van der Waals surface area contributed by atoms with Crippen LogP contribution in [0.25, 0.3) is 10.1 Å². The lowest BCUT2D eigenvalue weighted by atomic mass is 10.3. The maximum absolute atomic E-state index is 6.00. The largest absolute Gasteiger partial charge is 0.143 e. The first-order chi connectivity index (χ1) is 5.70. The Morgan fingerprint density at radius 2 is 2.25 bits per heavy atom. The van der Waals surface area contributed by atoms with E-state index in [1.807, 2.05) is 11.4 Å². The van der Waals surface area contributed by atoms with Gasteiger partial charge in [0.15, 0.2) is 0 Å². The minimum absolute atomic E-state index is 0.688. The second-order valence-electron chi connectivity index (χ2n) is 2.36. The van der Waals surface area contributed by atoms with Crippen LogP contribution in [0.3, 0.4) is 0 Å². The molecule has 2 rings (SSSR count). The number of thiophene rings is 1. The monoisotopic (exact) mass is 278 g/mol. The molecule has 0 aliphatic rings. The van der Waals surface area contributed by atoms with Gasteiger partial charge in [-0.2, -0.15) is 0 Å². The van der Waals surface area contributed by atoms with Gasteiger partial charge in [-0.15, -0.1) is 24.0 Å². The van der Waals surface area contributed by atoms with E-state index >= 15 is 0 Å². The van der Waals surface area contributed by atoms with Crippen molar-refractivity contribution in [3.63, 3.8) is 0 Å². The van der Waals surface area contributed by atoms with Crippen molar-refractivity contribution in [3.05, 3.63) is 27.0 Å². The third-order valence-electron chi connectivity index (χ3n) is 1.60. The SMILES string of the molecule is Sc1cc2ccsc2c(Br)c1Cl. The number of thiol groups is 1. The van der Waals surface area contributed by atoms with Crippen LogP contribution < -0.4 is 0 Å². The molecule has 0 atom stereocenters. The minimum Gasteiger partial charge on any atom is -0.143 e. The molecular weight excluding hydrogens is 276 g/mol. The van der Waals surface area contributed by atoms with Crippen molar-refractivity contribution in [1.29, 1.82) is 0 Å². The summed E-state index contributed by atoms with van der Waals surface area (Å²) < 4.78 is 2.12. The number of benzene rings is 1. The fourth-order valence-corrected chi connectivity index (χ4v) is 3.19. The number of hydrogen-bond acceptors (Lipinski definition) is 2. The van der Waals surface area contributed by atoms with Crippen LogP contribution in [0.1, 0.15) is 0 Å². The smallest absolute Gasteiger partial charge is 0.0696 e. The number of halogens is 2. The summed E-state index contributed by atoms with van der Waals surface area (Å²) in [4.78, 5) is 0.814. The van der Waals surface area contributed by atoms with E-state index in [2.05, 4.69) is 34.6 Å². The molecular formula is C8H4BrClS2. The van der Waals surface area contributed by atoms with Crippen LogP contribution in [0, 0.1) is 0 Å². The topological polar surface area (TPSA) is 0 Å². The van der Waals surface area contributed by atoms with E-state index in [4.69, 9.17) is 11.6 Å². The van der Waals surface area contributed by atoms with Gasteiger partial charge >= 0.3 is 0 Å². The van der Waals surface area contributed by atoms with Crippen molar-refractivity contribution in [2.75, 3.05) is 0 Å². The van der Waals surface area contributed by atoms with Crippen LogP contribution in [0.15, 0.2) is 26.9 Å². The van der Waals surface area contributed by atoms with Gasteiger partial charge in [0.1, 0.15) is 0 Å². The highest BCUT2D eigenvalue weighted by atomic mass is 79.9. The Hall–Kier alpha value is 0.300. The molecule has 1 aromatic carbocycles. The molecule has 4 heteroatoms. The number of rotatable bonds is 0. The summed E-state index contributed by atoms with van der Waals surface area (Å²) in [6, 6.07) is 4.03. The highest BCUT2D eigenvalue weighted by Gasteiger charge is 2.07. The molecule has 0 aliphatic carbocycles. The maximum atomic E-state index is 6.00. The summed E-state index contributed by atoms with van der Waals surface area (Å²) in [6.07, 6.45) is 0. The second-order valence-corrected chi connectivity index (χ2v) is 4.93. The van der Waals surface area contributed by atoms with Crippen molar-refractivity contribution in [2.45, 2.75) is 4.90 Å². The van der Waals surface area contributed by atoms with Gasteiger partial charge in [-0.1, -0.05) is 11.6 Å². The Balaban J connectivity index is 2.94. The van der Waals surface area contributed by atoms with Crippen molar-refractivity contribution in [1.82, 2.24) is 0 Å². The first-order valence-corrected chi connectivity index (χ1v) is 5.74. The Morgan fingerprint density at radius 1 is 1.50 bits per heavy atom. The highest BCUT2D eigenvalue weighted by molar-refractivity contribution is 9.10. The fraction of sp³-hybridized carbons (Fsp3) is 0. The molecule has 0 nitrogen and oxygen atoms in total. The average molecular weight is 280 g/mol. The van der Waals surface area contributed by atoms with Crippen LogP contribution in [-0.4, -0.2) is 0 Å². The predicted molar refractivity (Wildman–Crippen MR) is 61.8 cm³/mol. The lowest BCUT2D eigenvalue weighted by Gasteiger charge is -2.00. The third-order valence-corrected chi connectivity index (χ3v) is 4.71. The van der Waals surface area contributed by atoms with Crippen LogP contribution in [0.2, 0.25) is 5.02 Å².